The maximum absolute atomic E-state index is 5.45. The van der Waals surface area contributed by atoms with Crippen LogP contribution in [-0.4, -0.2) is 19.2 Å². The lowest BCUT2D eigenvalue weighted by molar-refractivity contribution is 0.397. The van der Waals surface area contributed by atoms with E-state index in [2.05, 4.69) is 44.0 Å². The Morgan fingerprint density at radius 2 is 1.75 bits per heavy atom. The van der Waals surface area contributed by atoms with Gasteiger partial charge in [0.25, 0.3) is 0 Å². The van der Waals surface area contributed by atoms with Crippen molar-refractivity contribution >= 4 is 0 Å². The molecule has 3 heteroatoms. The standard InChI is InChI=1S/C17H21NO2/c1-11-8-15(9-16(19-4)12(11)2)13(3)14-6-7-17(20-5)18-10-14/h6-10,13H,1-5H3. The van der Waals surface area contributed by atoms with E-state index in [1.54, 1.807) is 14.2 Å². The molecule has 0 radical (unpaired) electrons. The van der Waals surface area contributed by atoms with Crippen LogP contribution in [0.3, 0.4) is 0 Å². The Kier molecular flexibility index (Phi) is 4.28. The third-order valence-electron chi connectivity index (χ3n) is 3.83. The Hall–Kier alpha value is -2.03. The van der Waals surface area contributed by atoms with Gasteiger partial charge in [-0.25, -0.2) is 4.98 Å². The molecule has 0 N–H and O–H groups in total. The van der Waals surface area contributed by atoms with E-state index in [9.17, 15) is 0 Å². The van der Waals surface area contributed by atoms with Crippen molar-refractivity contribution in [3.8, 4) is 11.6 Å². The van der Waals surface area contributed by atoms with Gasteiger partial charge in [0.1, 0.15) is 5.75 Å². The van der Waals surface area contributed by atoms with Gasteiger partial charge in [0.2, 0.25) is 5.88 Å². The number of aryl methyl sites for hydroxylation is 1. The van der Waals surface area contributed by atoms with E-state index in [4.69, 9.17) is 9.47 Å². The van der Waals surface area contributed by atoms with Crippen LogP contribution in [0.15, 0.2) is 30.5 Å². The number of hydrogen-bond donors (Lipinski definition) is 0. The second-order valence-corrected chi connectivity index (χ2v) is 5.02. The van der Waals surface area contributed by atoms with Gasteiger partial charge in [0, 0.05) is 18.2 Å². The van der Waals surface area contributed by atoms with Crippen LogP contribution in [0.2, 0.25) is 0 Å². The van der Waals surface area contributed by atoms with Crippen molar-refractivity contribution in [2.24, 2.45) is 0 Å². The first kappa shape index (κ1) is 14.4. The Bertz CT molecular complexity index is 591. The van der Waals surface area contributed by atoms with Crippen molar-refractivity contribution in [2.75, 3.05) is 14.2 Å². The zero-order valence-corrected chi connectivity index (χ0v) is 12.7. The van der Waals surface area contributed by atoms with Crippen molar-refractivity contribution in [1.82, 2.24) is 4.98 Å². The minimum atomic E-state index is 0.265. The molecule has 0 aliphatic carbocycles. The average molecular weight is 271 g/mol. The number of ether oxygens (including phenoxy) is 2. The van der Waals surface area contributed by atoms with Gasteiger partial charge >= 0.3 is 0 Å². The predicted molar refractivity (Wildman–Crippen MR) is 80.8 cm³/mol. The number of nitrogens with zero attached hydrogens (tertiary/aromatic N) is 1. The van der Waals surface area contributed by atoms with Crippen molar-refractivity contribution < 1.29 is 9.47 Å². The number of rotatable bonds is 4. The Morgan fingerprint density at radius 3 is 2.30 bits per heavy atom. The fraction of sp³-hybridized carbons (Fsp3) is 0.353. The van der Waals surface area contributed by atoms with E-state index in [0.717, 1.165) is 11.3 Å². The maximum Gasteiger partial charge on any atom is 0.212 e. The molecule has 0 bridgehead atoms. The lowest BCUT2D eigenvalue weighted by atomic mass is 9.91. The summed E-state index contributed by atoms with van der Waals surface area (Å²) < 4.78 is 10.5. The molecular weight excluding hydrogens is 250 g/mol. The van der Waals surface area contributed by atoms with Crippen LogP contribution in [0, 0.1) is 13.8 Å². The lowest BCUT2D eigenvalue weighted by Crippen LogP contribution is -2.00. The molecule has 0 saturated carbocycles. The van der Waals surface area contributed by atoms with Crippen molar-refractivity contribution in [2.45, 2.75) is 26.7 Å². The van der Waals surface area contributed by atoms with Crippen LogP contribution in [0.5, 0.6) is 11.6 Å². The molecule has 1 atom stereocenters. The van der Waals surface area contributed by atoms with Crippen molar-refractivity contribution in [1.29, 1.82) is 0 Å². The summed E-state index contributed by atoms with van der Waals surface area (Å²) in [5, 5.41) is 0. The minimum Gasteiger partial charge on any atom is -0.496 e. The van der Waals surface area contributed by atoms with Gasteiger partial charge in [-0.1, -0.05) is 19.1 Å². The number of pyridine rings is 1. The second kappa shape index (κ2) is 5.95. The molecule has 0 aliphatic heterocycles. The first-order chi connectivity index (χ1) is 9.56. The number of methoxy groups -OCH3 is 2. The summed E-state index contributed by atoms with van der Waals surface area (Å²) >= 11 is 0. The Balaban J connectivity index is 2.36. The minimum absolute atomic E-state index is 0.265. The van der Waals surface area contributed by atoms with E-state index >= 15 is 0 Å². The molecule has 1 unspecified atom stereocenters. The smallest absolute Gasteiger partial charge is 0.212 e. The molecule has 3 nitrogen and oxygen atoms in total. The monoisotopic (exact) mass is 271 g/mol. The highest BCUT2D eigenvalue weighted by Gasteiger charge is 2.13. The zero-order chi connectivity index (χ0) is 14.7. The van der Waals surface area contributed by atoms with Crippen LogP contribution < -0.4 is 9.47 Å². The fourth-order valence-corrected chi connectivity index (χ4v) is 2.28. The van der Waals surface area contributed by atoms with Gasteiger partial charge in [0.15, 0.2) is 0 Å². The zero-order valence-electron chi connectivity index (χ0n) is 12.7. The second-order valence-electron chi connectivity index (χ2n) is 5.02. The van der Waals surface area contributed by atoms with Gasteiger partial charge in [-0.3, -0.25) is 0 Å². The summed E-state index contributed by atoms with van der Waals surface area (Å²) in [5.41, 5.74) is 4.83. The van der Waals surface area contributed by atoms with Gasteiger partial charge in [-0.15, -0.1) is 0 Å². The highest BCUT2D eigenvalue weighted by molar-refractivity contribution is 5.45. The summed E-state index contributed by atoms with van der Waals surface area (Å²) in [6.07, 6.45) is 1.87. The molecule has 0 spiro atoms. The van der Waals surface area contributed by atoms with Gasteiger partial charge < -0.3 is 9.47 Å². The molecule has 2 aromatic rings. The normalized spacial score (nSPS) is 12.1. The van der Waals surface area contributed by atoms with Crippen LogP contribution >= 0.6 is 0 Å². The summed E-state index contributed by atoms with van der Waals surface area (Å²) in [5.74, 6) is 1.84. The molecule has 0 saturated heterocycles. The van der Waals surface area contributed by atoms with Crippen LogP contribution in [0.4, 0.5) is 0 Å². The summed E-state index contributed by atoms with van der Waals surface area (Å²) in [4.78, 5) is 4.27. The quantitative estimate of drug-likeness (QED) is 0.846. The highest BCUT2D eigenvalue weighted by Crippen LogP contribution is 2.31. The molecular formula is C17H21NO2. The first-order valence-electron chi connectivity index (χ1n) is 6.72. The Labute approximate surface area is 120 Å². The fourth-order valence-electron chi connectivity index (χ4n) is 2.28. The van der Waals surface area contributed by atoms with Crippen molar-refractivity contribution in [3.63, 3.8) is 0 Å². The highest BCUT2D eigenvalue weighted by atomic mass is 16.5. The van der Waals surface area contributed by atoms with Crippen molar-refractivity contribution in [3.05, 3.63) is 52.7 Å². The van der Waals surface area contributed by atoms with Crippen LogP contribution in [0.25, 0.3) is 0 Å². The molecule has 106 valence electrons. The molecule has 1 aromatic heterocycles. The van der Waals surface area contributed by atoms with Crippen LogP contribution in [0.1, 0.15) is 35.1 Å². The maximum atomic E-state index is 5.45. The molecule has 20 heavy (non-hydrogen) atoms. The molecule has 0 aliphatic rings. The van der Waals surface area contributed by atoms with Gasteiger partial charge in [-0.05, 0) is 42.2 Å². The average Bonchev–Trinajstić information content (AvgIpc) is 2.49. The topological polar surface area (TPSA) is 31.4 Å². The lowest BCUT2D eigenvalue weighted by Gasteiger charge is -2.16. The number of aromatic nitrogens is 1. The molecule has 0 amide bonds. The SMILES string of the molecule is COc1ccc(C(C)c2cc(C)c(C)c(OC)c2)cn1. The van der Waals surface area contributed by atoms with E-state index in [1.165, 1.54) is 16.7 Å². The third-order valence-corrected chi connectivity index (χ3v) is 3.83. The summed E-state index contributed by atoms with van der Waals surface area (Å²) in [6, 6.07) is 8.27. The predicted octanol–water partition coefficient (Wildman–Crippen LogP) is 3.87. The van der Waals surface area contributed by atoms with E-state index in [-0.39, 0.29) is 5.92 Å². The van der Waals surface area contributed by atoms with E-state index < -0.39 is 0 Å². The van der Waals surface area contributed by atoms with Gasteiger partial charge in [-0.2, -0.15) is 0 Å². The number of benzene rings is 1. The summed E-state index contributed by atoms with van der Waals surface area (Å²) in [7, 11) is 3.34. The van der Waals surface area contributed by atoms with E-state index in [0.29, 0.717) is 5.88 Å². The first-order valence-corrected chi connectivity index (χ1v) is 6.72. The molecule has 2 rings (SSSR count). The van der Waals surface area contributed by atoms with E-state index in [1.807, 2.05) is 12.3 Å². The van der Waals surface area contributed by atoms with Gasteiger partial charge in [0.05, 0.1) is 14.2 Å². The largest absolute Gasteiger partial charge is 0.496 e. The van der Waals surface area contributed by atoms with Crippen LogP contribution in [-0.2, 0) is 0 Å². The summed E-state index contributed by atoms with van der Waals surface area (Å²) in [6.45, 7) is 6.37. The molecule has 1 aromatic carbocycles. The number of hydrogen-bond acceptors (Lipinski definition) is 3. The molecule has 1 heterocycles. The Morgan fingerprint density at radius 1 is 1.00 bits per heavy atom. The molecule has 0 fully saturated rings. The third kappa shape index (κ3) is 2.77.